The summed E-state index contributed by atoms with van der Waals surface area (Å²) in [5.41, 5.74) is 5.04. The number of benzene rings is 7. The molecule has 0 atom stereocenters. The summed E-state index contributed by atoms with van der Waals surface area (Å²) in [7, 11) is 0. The van der Waals surface area contributed by atoms with Gasteiger partial charge in [-0.15, -0.1) is 0 Å². The maximum atomic E-state index is 6.46. The minimum Gasteiger partial charge on any atom is -0.454 e. The highest BCUT2D eigenvalue weighted by atomic mass is 16.3. The lowest BCUT2D eigenvalue weighted by atomic mass is 9.93. The fourth-order valence-electron chi connectivity index (χ4n) is 5.78. The van der Waals surface area contributed by atoms with E-state index < -0.39 is 0 Å². The second-order valence-electron chi connectivity index (χ2n) is 9.40. The SMILES string of the molecule is c1ccc(N(c2cc3ccc4cccc5ccc(c2)c3c45)c2cccc3c2oc2ccccc23)cc1. The zero-order valence-electron chi connectivity index (χ0n) is 19.5. The van der Waals surface area contributed by atoms with Gasteiger partial charge in [-0.3, -0.25) is 0 Å². The zero-order chi connectivity index (χ0) is 23.6. The standard InChI is InChI=1S/C34H21NO/c1-2-10-26(11-3-1)35(30-14-7-13-29-28-12-4-5-15-31(28)36-34(29)30)27-20-24-18-16-22-8-6-9-23-17-19-25(21-27)33(24)32(22)23/h1-21H. The summed E-state index contributed by atoms with van der Waals surface area (Å²) in [5.74, 6) is 0. The molecule has 168 valence electrons. The fourth-order valence-corrected chi connectivity index (χ4v) is 5.78. The van der Waals surface area contributed by atoms with E-state index >= 15 is 0 Å². The van der Waals surface area contributed by atoms with Crippen molar-refractivity contribution in [2.24, 2.45) is 0 Å². The van der Waals surface area contributed by atoms with Crippen molar-refractivity contribution >= 4 is 71.3 Å². The topological polar surface area (TPSA) is 16.4 Å². The lowest BCUT2D eigenvalue weighted by Crippen LogP contribution is -2.10. The van der Waals surface area contributed by atoms with Crippen molar-refractivity contribution in [3.63, 3.8) is 0 Å². The van der Waals surface area contributed by atoms with Gasteiger partial charge in [0.15, 0.2) is 5.58 Å². The van der Waals surface area contributed by atoms with Crippen LogP contribution in [0.15, 0.2) is 132 Å². The summed E-state index contributed by atoms with van der Waals surface area (Å²) < 4.78 is 6.46. The van der Waals surface area contributed by atoms with E-state index in [1.165, 1.54) is 32.3 Å². The van der Waals surface area contributed by atoms with E-state index in [9.17, 15) is 0 Å². The van der Waals surface area contributed by atoms with Gasteiger partial charge in [-0.25, -0.2) is 0 Å². The molecule has 0 aliphatic rings. The second-order valence-corrected chi connectivity index (χ2v) is 9.40. The number of fused-ring (bicyclic) bond motifs is 3. The number of para-hydroxylation sites is 3. The Morgan fingerprint density at radius 1 is 0.444 bits per heavy atom. The molecule has 2 heteroatoms. The number of furan rings is 1. The molecule has 36 heavy (non-hydrogen) atoms. The Balaban J connectivity index is 1.45. The van der Waals surface area contributed by atoms with Crippen LogP contribution in [0.1, 0.15) is 0 Å². The largest absolute Gasteiger partial charge is 0.454 e. The van der Waals surface area contributed by atoms with E-state index in [0.717, 1.165) is 39.0 Å². The quantitative estimate of drug-likeness (QED) is 0.244. The van der Waals surface area contributed by atoms with E-state index in [1.807, 2.05) is 12.1 Å². The molecule has 1 aromatic heterocycles. The molecule has 0 unspecified atom stereocenters. The van der Waals surface area contributed by atoms with Crippen molar-refractivity contribution in [3.8, 4) is 0 Å². The molecule has 0 saturated carbocycles. The van der Waals surface area contributed by atoms with E-state index in [4.69, 9.17) is 4.42 Å². The van der Waals surface area contributed by atoms with Gasteiger partial charge in [-0.05, 0) is 68.7 Å². The Hall–Kier alpha value is -4.82. The van der Waals surface area contributed by atoms with E-state index in [1.54, 1.807) is 0 Å². The molecule has 0 spiro atoms. The van der Waals surface area contributed by atoms with Crippen LogP contribution in [0.4, 0.5) is 17.1 Å². The van der Waals surface area contributed by atoms with Crippen LogP contribution in [-0.2, 0) is 0 Å². The maximum Gasteiger partial charge on any atom is 0.159 e. The smallest absolute Gasteiger partial charge is 0.159 e. The number of anilines is 3. The molecule has 0 aliphatic carbocycles. The van der Waals surface area contributed by atoms with Crippen LogP contribution >= 0.6 is 0 Å². The van der Waals surface area contributed by atoms with Crippen LogP contribution in [0.3, 0.4) is 0 Å². The van der Waals surface area contributed by atoms with Crippen molar-refractivity contribution in [3.05, 3.63) is 127 Å². The summed E-state index contributed by atoms with van der Waals surface area (Å²) in [6.07, 6.45) is 0. The van der Waals surface area contributed by atoms with Gasteiger partial charge >= 0.3 is 0 Å². The summed E-state index contributed by atoms with van der Waals surface area (Å²) in [6.45, 7) is 0. The van der Waals surface area contributed by atoms with Crippen LogP contribution in [0.25, 0.3) is 54.3 Å². The van der Waals surface area contributed by atoms with Crippen molar-refractivity contribution in [2.45, 2.75) is 0 Å². The van der Waals surface area contributed by atoms with Gasteiger partial charge in [-0.2, -0.15) is 0 Å². The number of hydrogen-bond acceptors (Lipinski definition) is 2. The molecule has 0 radical (unpaired) electrons. The van der Waals surface area contributed by atoms with Gasteiger partial charge in [0.2, 0.25) is 0 Å². The summed E-state index contributed by atoms with van der Waals surface area (Å²) in [4.78, 5) is 2.32. The van der Waals surface area contributed by atoms with Crippen LogP contribution in [-0.4, -0.2) is 0 Å². The third-order valence-electron chi connectivity index (χ3n) is 7.34. The molecule has 2 nitrogen and oxygen atoms in total. The van der Waals surface area contributed by atoms with Crippen molar-refractivity contribution in [1.82, 2.24) is 0 Å². The molecule has 8 aromatic rings. The van der Waals surface area contributed by atoms with Gasteiger partial charge in [0.1, 0.15) is 5.58 Å². The van der Waals surface area contributed by atoms with Gasteiger partial charge in [0.05, 0.1) is 5.69 Å². The predicted molar refractivity (Wildman–Crippen MR) is 152 cm³/mol. The normalized spacial score (nSPS) is 11.9. The van der Waals surface area contributed by atoms with Gasteiger partial charge in [-0.1, -0.05) is 91.0 Å². The molecule has 8 rings (SSSR count). The highest BCUT2D eigenvalue weighted by Gasteiger charge is 2.20. The summed E-state index contributed by atoms with van der Waals surface area (Å²) >= 11 is 0. The molecular weight excluding hydrogens is 438 g/mol. The average Bonchev–Trinajstić information content (AvgIpc) is 3.32. The Bertz CT molecular complexity index is 1990. The van der Waals surface area contributed by atoms with E-state index in [-0.39, 0.29) is 0 Å². The van der Waals surface area contributed by atoms with E-state index in [2.05, 4.69) is 120 Å². The Morgan fingerprint density at radius 2 is 1.06 bits per heavy atom. The van der Waals surface area contributed by atoms with Gasteiger partial charge in [0, 0.05) is 22.1 Å². The maximum absolute atomic E-state index is 6.46. The molecule has 0 bridgehead atoms. The molecule has 0 aliphatic heterocycles. The first-order valence-corrected chi connectivity index (χ1v) is 12.3. The van der Waals surface area contributed by atoms with Crippen LogP contribution in [0, 0.1) is 0 Å². The fraction of sp³-hybridized carbons (Fsp3) is 0. The van der Waals surface area contributed by atoms with Gasteiger partial charge in [0.25, 0.3) is 0 Å². The first-order valence-electron chi connectivity index (χ1n) is 12.3. The van der Waals surface area contributed by atoms with Crippen molar-refractivity contribution < 1.29 is 4.42 Å². The molecule has 7 aromatic carbocycles. The Labute approximate surface area is 207 Å². The number of nitrogens with zero attached hydrogens (tertiary/aromatic N) is 1. The van der Waals surface area contributed by atoms with Crippen molar-refractivity contribution in [1.29, 1.82) is 0 Å². The molecule has 0 amide bonds. The van der Waals surface area contributed by atoms with Gasteiger partial charge < -0.3 is 9.32 Å². The van der Waals surface area contributed by atoms with Crippen LogP contribution < -0.4 is 4.90 Å². The second kappa shape index (κ2) is 7.34. The lowest BCUT2D eigenvalue weighted by Gasteiger charge is -2.26. The minimum atomic E-state index is 0.896. The summed E-state index contributed by atoms with van der Waals surface area (Å²) in [6, 6.07) is 45.4. The minimum absolute atomic E-state index is 0.896. The molecule has 1 heterocycles. The van der Waals surface area contributed by atoms with Crippen LogP contribution in [0.2, 0.25) is 0 Å². The Morgan fingerprint density at radius 3 is 1.83 bits per heavy atom. The summed E-state index contributed by atoms with van der Waals surface area (Å²) in [5, 5.41) is 9.97. The first-order chi connectivity index (χ1) is 17.8. The Kier molecular flexibility index (Phi) is 3.97. The lowest BCUT2D eigenvalue weighted by molar-refractivity contribution is 0.669. The number of rotatable bonds is 3. The van der Waals surface area contributed by atoms with E-state index in [0.29, 0.717) is 0 Å². The molecule has 0 fully saturated rings. The highest BCUT2D eigenvalue weighted by molar-refractivity contribution is 6.24. The predicted octanol–water partition coefficient (Wildman–Crippen LogP) is 9.95. The number of hydrogen-bond donors (Lipinski definition) is 0. The van der Waals surface area contributed by atoms with Crippen LogP contribution in [0.5, 0.6) is 0 Å². The van der Waals surface area contributed by atoms with Crippen molar-refractivity contribution in [2.75, 3.05) is 4.90 Å². The third-order valence-corrected chi connectivity index (χ3v) is 7.34. The third kappa shape index (κ3) is 2.73. The average molecular weight is 460 g/mol. The zero-order valence-corrected chi connectivity index (χ0v) is 19.5. The molecule has 0 N–H and O–H groups in total. The highest BCUT2D eigenvalue weighted by Crippen LogP contribution is 2.44. The monoisotopic (exact) mass is 459 g/mol. The first kappa shape index (κ1) is 19.5. The molecular formula is C34H21NO. The molecule has 0 saturated heterocycles.